The van der Waals surface area contributed by atoms with Gasteiger partial charge in [-0.15, -0.1) is 0 Å². The van der Waals surface area contributed by atoms with Gasteiger partial charge >= 0.3 is 0 Å². The van der Waals surface area contributed by atoms with E-state index in [1.165, 1.54) is 0 Å². The third-order valence-electron chi connectivity index (χ3n) is 5.27. The van der Waals surface area contributed by atoms with Gasteiger partial charge in [-0.3, -0.25) is 4.74 Å². The summed E-state index contributed by atoms with van der Waals surface area (Å²) in [5.74, 6) is 1.73. The monoisotopic (exact) mass is 391 g/mol. The highest BCUT2D eigenvalue weighted by Crippen LogP contribution is 2.50. The Morgan fingerprint density at radius 3 is 1.83 bits per heavy atom. The highest BCUT2D eigenvalue weighted by Gasteiger charge is 2.39. The fourth-order valence-corrected chi connectivity index (χ4v) is 3.88. The first-order valence-electron chi connectivity index (χ1n) is 10.4. The first-order chi connectivity index (χ1) is 14.1. The predicted molar refractivity (Wildman–Crippen MR) is 117 cm³/mol. The Bertz CT molecular complexity index is 884. The van der Waals surface area contributed by atoms with Crippen LogP contribution in [0.1, 0.15) is 72.1 Å². The number of ether oxygens (including phenoxy) is 3. The molecule has 0 fully saturated rings. The predicted octanol–water partition coefficient (Wildman–Crippen LogP) is 5.98. The summed E-state index contributed by atoms with van der Waals surface area (Å²) in [4.78, 5) is 0. The van der Waals surface area contributed by atoms with E-state index < -0.39 is 12.6 Å². The number of fused-ring (bicyclic) bond motifs is 6. The van der Waals surface area contributed by atoms with Crippen LogP contribution in [0.2, 0.25) is 0 Å². The van der Waals surface area contributed by atoms with Crippen LogP contribution in [0.3, 0.4) is 0 Å². The summed E-state index contributed by atoms with van der Waals surface area (Å²) in [6, 6.07) is 8.48. The number of unbranched alkanes of at least 4 members (excludes halogenated alkanes) is 1. The standard InChI is InChI=1S/C25H29NO3/c1-4-5-6-9-18-12-16(2)22-20(14-18)24-28-23-17(3)13-19(10-7-8-11-26)15-21(23)25(27-22)29-24/h6-7,9-10,12-15,24-25H,4-5,8,11,26H2,1-3H3/b9-6+,10-7+. The molecule has 2 aromatic rings. The molecule has 4 rings (SSSR count). The summed E-state index contributed by atoms with van der Waals surface area (Å²) >= 11 is 0. The molecule has 0 saturated heterocycles. The van der Waals surface area contributed by atoms with E-state index in [2.05, 4.69) is 69.3 Å². The lowest BCUT2D eigenvalue weighted by atomic mass is 9.99. The molecule has 2 unspecified atom stereocenters. The first kappa shape index (κ1) is 19.7. The Balaban J connectivity index is 1.68. The van der Waals surface area contributed by atoms with Crippen molar-refractivity contribution < 1.29 is 14.2 Å². The van der Waals surface area contributed by atoms with E-state index in [4.69, 9.17) is 19.9 Å². The Morgan fingerprint density at radius 2 is 1.34 bits per heavy atom. The molecule has 2 aromatic carbocycles. The second-order valence-electron chi connectivity index (χ2n) is 7.72. The number of allylic oxidation sites excluding steroid dienone is 1. The van der Waals surface area contributed by atoms with E-state index in [1.807, 2.05) is 0 Å². The molecule has 0 amide bonds. The number of aryl methyl sites for hydroxylation is 2. The van der Waals surface area contributed by atoms with Crippen LogP contribution in [0.4, 0.5) is 0 Å². The minimum Gasteiger partial charge on any atom is -0.459 e. The molecule has 2 aliphatic rings. The van der Waals surface area contributed by atoms with E-state index in [0.717, 1.165) is 64.1 Å². The zero-order valence-electron chi connectivity index (χ0n) is 17.4. The average molecular weight is 392 g/mol. The van der Waals surface area contributed by atoms with Gasteiger partial charge in [0, 0.05) is 0 Å². The van der Waals surface area contributed by atoms with E-state index >= 15 is 0 Å². The zero-order valence-corrected chi connectivity index (χ0v) is 17.4. The van der Waals surface area contributed by atoms with Crippen molar-refractivity contribution in [2.24, 2.45) is 5.73 Å². The molecule has 0 aromatic heterocycles. The largest absolute Gasteiger partial charge is 0.459 e. The summed E-state index contributed by atoms with van der Waals surface area (Å²) in [7, 11) is 0. The second-order valence-corrected chi connectivity index (χ2v) is 7.72. The molecule has 152 valence electrons. The Labute approximate surface area is 173 Å². The van der Waals surface area contributed by atoms with E-state index in [-0.39, 0.29) is 0 Å². The lowest BCUT2D eigenvalue weighted by Gasteiger charge is -2.39. The SMILES string of the molecule is CCC/C=C/c1cc(C)c2c(c1)C1Oc3c(C)cc(/C=C/CCN)cc3C(O2)O1. The lowest BCUT2D eigenvalue weighted by molar-refractivity contribution is -0.228. The normalized spacial score (nSPS) is 19.7. The molecule has 29 heavy (non-hydrogen) atoms. The van der Waals surface area contributed by atoms with Crippen molar-refractivity contribution in [1.29, 1.82) is 0 Å². The summed E-state index contributed by atoms with van der Waals surface area (Å²) in [6.45, 7) is 6.97. The molecule has 0 radical (unpaired) electrons. The van der Waals surface area contributed by atoms with Crippen LogP contribution in [-0.4, -0.2) is 6.54 Å². The van der Waals surface area contributed by atoms with Gasteiger partial charge in [0.05, 0.1) is 11.1 Å². The van der Waals surface area contributed by atoms with Crippen LogP contribution in [0.15, 0.2) is 36.4 Å². The topological polar surface area (TPSA) is 53.7 Å². The van der Waals surface area contributed by atoms with E-state index in [0.29, 0.717) is 6.54 Å². The fourth-order valence-electron chi connectivity index (χ4n) is 3.88. The maximum atomic E-state index is 6.31. The Kier molecular flexibility index (Phi) is 5.74. The van der Waals surface area contributed by atoms with Gasteiger partial charge in [0.15, 0.2) is 0 Å². The van der Waals surface area contributed by atoms with Crippen molar-refractivity contribution >= 4 is 12.2 Å². The molecular formula is C25H29NO3. The third kappa shape index (κ3) is 3.96. The number of hydrogen-bond acceptors (Lipinski definition) is 4. The van der Waals surface area contributed by atoms with Crippen molar-refractivity contribution in [2.75, 3.05) is 6.54 Å². The highest BCUT2D eigenvalue weighted by atomic mass is 16.8. The molecule has 0 spiro atoms. The summed E-state index contributed by atoms with van der Waals surface area (Å²) in [5, 5.41) is 0. The summed E-state index contributed by atoms with van der Waals surface area (Å²) in [5.41, 5.74) is 11.9. The Morgan fingerprint density at radius 1 is 0.828 bits per heavy atom. The molecule has 2 aliphatic heterocycles. The smallest absolute Gasteiger partial charge is 0.233 e. The minimum atomic E-state index is -0.460. The van der Waals surface area contributed by atoms with Crippen molar-refractivity contribution in [3.8, 4) is 11.5 Å². The van der Waals surface area contributed by atoms with Crippen molar-refractivity contribution in [3.05, 3.63) is 69.8 Å². The Hall–Kier alpha value is -2.56. The molecule has 2 heterocycles. The van der Waals surface area contributed by atoms with Gasteiger partial charge in [0.2, 0.25) is 12.6 Å². The third-order valence-corrected chi connectivity index (χ3v) is 5.27. The zero-order chi connectivity index (χ0) is 20.4. The van der Waals surface area contributed by atoms with Crippen molar-refractivity contribution in [1.82, 2.24) is 0 Å². The molecule has 2 N–H and O–H groups in total. The molecule has 0 saturated carbocycles. The van der Waals surface area contributed by atoms with Crippen molar-refractivity contribution in [3.63, 3.8) is 0 Å². The maximum absolute atomic E-state index is 6.31. The van der Waals surface area contributed by atoms with E-state index in [1.54, 1.807) is 0 Å². The number of nitrogens with two attached hydrogens (primary N) is 1. The van der Waals surface area contributed by atoms with Gasteiger partial charge in [-0.25, -0.2) is 0 Å². The average Bonchev–Trinajstić information content (AvgIpc) is 2.70. The van der Waals surface area contributed by atoms with Gasteiger partial charge in [0.1, 0.15) is 11.5 Å². The lowest BCUT2D eigenvalue weighted by Crippen LogP contribution is -2.31. The number of hydrogen-bond donors (Lipinski definition) is 1. The number of benzene rings is 2. The molecule has 2 atom stereocenters. The van der Waals surface area contributed by atoms with Crippen molar-refractivity contribution in [2.45, 2.75) is 52.6 Å². The highest BCUT2D eigenvalue weighted by molar-refractivity contribution is 5.60. The quantitative estimate of drug-likeness (QED) is 0.658. The molecule has 4 nitrogen and oxygen atoms in total. The molecule has 2 bridgehead atoms. The number of rotatable bonds is 6. The van der Waals surface area contributed by atoms with Crippen LogP contribution in [-0.2, 0) is 4.74 Å². The van der Waals surface area contributed by atoms with Gasteiger partial charge in [-0.05, 0) is 79.8 Å². The minimum absolute atomic E-state index is 0.452. The molecule has 4 heteroatoms. The van der Waals surface area contributed by atoms with Crippen LogP contribution >= 0.6 is 0 Å². The summed E-state index contributed by atoms with van der Waals surface area (Å²) in [6.07, 6.45) is 10.7. The first-order valence-corrected chi connectivity index (χ1v) is 10.4. The molecule has 0 aliphatic carbocycles. The van der Waals surface area contributed by atoms with Crippen LogP contribution in [0.5, 0.6) is 11.5 Å². The fraction of sp³-hybridized carbons (Fsp3) is 0.360. The van der Waals surface area contributed by atoms with Gasteiger partial charge < -0.3 is 15.2 Å². The van der Waals surface area contributed by atoms with Gasteiger partial charge in [-0.2, -0.15) is 0 Å². The second kappa shape index (κ2) is 8.44. The van der Waals surface area contributed by atoms with Gasteiger partial charge in [0.25, 0.3) is 0 Å². The molecular weight excluding hydrogens is 362 g/mol. The van der Waals surface area contributed by atoms with Crippen LogP contribution in [0, 0.1) is 13.8 Å². The van der Waals surface area contributed by atoms with Gasteiger partial charge in [-0.1, -0.05) is 37.6 Å². The van der Waals surface area contributed by atoms with Crippen LogP contribution in [0.25, 0.3) is 12.2 Å². The maximum Gasteiger partial charge on any atom is 0.233 e. The summed E-state index contributed by atoms with van der Waals surface area (Å²) < 4.78 is 18.7. The van der Waals surface area contributed by atoms with Crippen LogP contribution < -0.4 is 15.2 Å². The van der Waals surface area contributed by atoms with E-state index in [9.17, 15) is 0 Å².